The van der Waals surface area contributed by atoms with Gasteiger partial charge >= 0.3 is 0 Å². The van der Waals surface area contributed by atoms with E-state index in [0.29, 0.717) is 19.4 Å². The summed E-state index contributed by atoms with van der Waals surface area (Å²) in [6, 6.07) is 7.82. The summed E-state index contributed by atoms with van der Waals surface area (Å²) < 4.78 is 36.5. The molecule has 1 heterocycles. The van der Waals surface area contributed by atoms with Gasteiger partial charge in [0.25, 0.3) is 10.1 Å². The summed E-state index contributed by atoms with van der Waals surface area (Å²) in [6.45, 7) is 0.666. The third-order valence-electron chi connectivity index (χ3n) is 3.80. The number of benzene rings is 1. The van der Waals surface area contributed by atoms with E-state index in [1.165, 1.54) is 0 Å². The first-order valence-electron chi connectivity index (χ1n) is 7.60. The fraction of sp³-hybridized carbons (Fsp3) is 0.294. The maximum absolute atomic E-state index is 10.8. The number of ether oxygens (including phenoxy) is 1. The van der Waals surface area contributed by atoms with Gasteiger partial charge in [-0.25, -0.2) is 0 Å². The molecule has 3 rings (SSSR count). The van der Waals surface area contributed by atoms with Crippen molar-refractivity contribution in [3.63, 3.8) is 0 Å². The number of rotatable bonds is 5. The molecule has 0 saturated carbocycles. The molecule has 1 aliphatic heterocycles. The molecule has 23 heavy (non-hydrogen) atoms. The van der Waals surface area contributed by atoms with Crippen LogP contribution in [0.4, 0.5) is 5.69 Å². The van der Waals surface area contributed by atoms with E-state index in [4.69, 9.17) is 9.29 Å². The number of hydrogen-bond acceptors (Lipinski definition) is 4. The lowest BCUT2D eigenvalue weighted by Crippen LogP contribution is -2.29. The Morgan fingerprint density at radius 2 is 2.00 bits per heavy atom. The quantitative estimate of drug-likeness (QED) is 0.661. The molecule has 0 saturated heterocycles. The van der Waals surface area contributed by atoms with Gasteiger partial charge in [-0.3, -0.25) is 4.55 Å². The molecule has 0 aromatic heterocycles. The molecule has 122 valence electrons. The summed E-state index contributed by atoms with van der Waals surface area (Å²) in [4.78, 5) is 2.15. The molecule has 6 heteroatoms. The van der Waals surface area contributed by atoms with Crippen LogP contribution in [0.5, 0.6) is 5.75 Å². The summed E-state index contributed by atoms with van der Waals surface area (Å²) >= 11 is 0. The van der Waals surface area contributed by atoms with Crippen molar-refractivity contribution in [1.82, 2.24) is 0 Å². The van der Waals surface area contributed by atoms with E-state index in [1.807, 2.05) is 48.6 Å². The van der Waals surface area contributed by atoms with Gasteiger partial charge < -0.3 is 9.64 Å². The first-order chi connectivity index (χ1) is 11.0. The zero-order valence-electron chi connectivity index (χ0n) is 12.7. The van der Waals surface area contributed by atoms with E-state index in [9.17, 15) is 8.42 Å². The summed E-state index contributed by atoms with van der Waals surface area (Å²) in [5.41, 5.74) is 1.98. The molecule has 0 radical (unpaired) electrons. The third-order valence-corrected chi connectivity index (χ3v) is 4.61. The average Bonchev–Trinajstić information content (AvgIpc) is 2.74. The van der Waals surface area contributed by atoms with E-state index >= 15 is 0 Å². The fourth-order valence-electron chi connectivity index (χ4n) is 2.76. The molecule has 1 aliphatic carbocycles. The Balaban J connectivity index is 1.81. The summed E-state index contributed by atoms with van der Waals surface area (Å²) in [5.74, 6) is 1.50. The van der Waals surface area contributed by atoms with Gasteiger partial charge in [-0.2, -0.15) is 8.42 Å². The number of nitrogens with zero attached hydrogens (tertiary/aromatic N) is 1. The molecule has 1 aromatic rings. The zero-order valence-corrected chi connectivity index (χ0v) is 13.5. The SMILES string of the molecule is O=S(=O)(O)CCCCN1C2=C(CC=CC=C2)Oc2ccccc21. The smallest absolute Gasteiger partial charge is 0.264 e. The van der Waals surface area contributed by atoms with Gasteiger partial charge in [0, 0.05) is 13.0 Å². The lowest BCUT2D eigenvalue weighted by atomic mass is 10.1. The highest BCUT2D eigenvalue weighted by atomic mass is 32.2. The molecule has 5 nitrogen and oxygen atoms in total. The van der Waals surface area contributed by atoms with Crippen LogP contribution in [0.15, 0.2) is 60.0 Å². The molecule has 0 fully saturated rings. The largest absolute Gasteiger partial charge is 0.457 e. The standard InChI is InChI=1S/C17H19NO4S/c19-23(20,21)13-7-6-12-18-14-8-2-1-3-10-16(14)22-17-11-5-4-9-15(17)18/h1-5,8-9,11H,6-7,10,12-13H2,(H,19,20,21). The van der Waals surface area contributed by atoms with Crippen LogP contribution in [0, 0.1) is 0 Å². The molecule has 0 bridgehead atoms. The Kier molecular flexibility index (Phi) is 4.54. The summed E-state index contributed by atoms with van der Waals surface area (Å²) in [5, 5.41) is 0. The normalized spacial score (nSPS) is 16.7. The highest BCUT2D eigenvalue weighted by Crippen LogP contribution is 2.39. The number of hydrogen-bond donors (Lipinski definition) is 1. The van der Waals surface area contributed by atoms with Crippen LogP contribution < -0.4 is 9.64 Å². The van der Waals surface area contributed by atoms with Crippen molar-refractivity contribution in [2.24, 2.45) is 0 Å². The molecule has 1 N–H and O–H groups in total. The van der Waals surface area contributed by atoms with Crippen LogP contribution in [0.1, 0.15) is 19.3 Å². The minimum atomic E-state index is -3.90. The number of allylic oxidation sites excluding steroid dienone is 4. The second-order valence-electron chi connectivity index (χ2n) is 5.51. The van der Waals surface area contributed by atoms with E-state index < -0.39 is 10.1 Å². The Labute approximate surface area is 136 Å². The van der Waals surface area contributed by atoms with Gasteiger partial charge in [0.15, 0.2) is 5.75 Å². The molecule has 1 aromatic carbocycles. The predicted octanol–water partition coefficient (Wildman–Crippen LogP) is 3.28. The van der Waals surface area contributed by atoms with Crippen LogP contribution >= 0.6 is 0 Å². The molecule has 0 unspecified atom stereocenters. The van der Waals surface area contributed by atoms with Crippen molar-refractivity contribution < 1.29 is 17.7 Å². The topological polar surface area (TPSA) is 66.8 Å². The van der Waals surface area contributed by atoms with Gasteiger partial charge in [-0.05, 0) is 31.1 Å². The maximum Gasteiger partial charge on any atom is 0.264 e. The van der Waals surface area contributed by atoms with Gasteiger partial charge in [0.05, 0.1) is 17.1 Å². The van der Waals surface area contributed by atoms with Crippen molar-refractivity contribution >= 4 is 15.8 Å². The molecule has 0 atom stereocenters. The van der Waals surface area contributed by atoms with Crippen LogP contribution in [0.25, 0.3) is 0 Å². The molecule has 0 spiro atoms. The van der Waals surface area contributed by atoms with Crippen molar-refractivity contribution in [3.05, 3.63) is 60.0 Å². The number of anilines is 1. The van der Waals surface area contributed by atoms with E-state index in [1.54, 1.807) is 0 Å². The maximum atomic E-state index is 10.8. The van der Waals surface area contributed by atoms with Crippen molar-refractivity contribution in [2.45, 2.75) is 19.3 Å². The lowest BCUT2D eigenvalue weighted by Gasteiger charge is -2.33. The van der Waals surface area contributed by atoms with Crippen molar-refractivity contribution in [1.29, 1.82) is 0 Å². The zero-order chi connectivity index (χ0) is 16.3. The highest BCUT2D eigenvalue weighted by Gasteiger charge is 2.25. The minimum absolute atomic E-state index is 0.206. The molecule has 0 amide bonds. The van der Waals surface area contributed by atoms with Crippen LogP contribution in [0.3, 0.4) is 0 Å². The fourth-order valence-corrected chi connectivity index (χ4v) is 3.33. The van der Waals surface area contributed by atoms with Gasteiger partial charge in [-0.15, -0.1) is 0 Å². The van der Waals surface area contributed by atoms with Crippen molar-refractivity contribution in [2.75, 3.05) is 17.2 Å². The number of unbranched alkanes of at least 4 members (excludes halogenated alkanes) is 1. The average molecular weight is 333 g/mol. The Morgan fingerprint density at radius 1 is 1.17 bits per heavy atom. The molecular formula is C17H19NO4S. The van der Waals surface area contributed by atoms with E-state index in [2.05, 4.69) is 4.90 Å². The van der Waals surface area contributed by atoms with E-state index in [-0.39, 0.29) is 5.75 Å². The number of para-hydroxylation sites is 2. The summed E-state index contributed by atoms with van der Waals surface area (Å²) in [7, 11) is -3.90. The second kappa shape index (κ2) is 6.60. The van der Waals surface area contributed by atoms with E-state index in [0.717, 1.165) is 29.3 Å². The monoisotopic (exact) mass is 333 g/mol. The molecule has 2 aliphatic rings. The molecular weight excluding hydrogens is 314 g/mol. The Bertz CT molecular complexity index is 778. The predicted molar refractivity (Wildman–Crippen MR) is 90.0 cm³/mol. The lowest BCUT2D eigenvalue weighted by molar-refractivity contribution is 0.398. The van der Waals surface area contributed by atoms with Gasteiger partial charge in [-0.1, -0.05) is 30.4 Å². The third kappa shape index (κ3) is 3.83. The van der Waals surface area contributed by atoms with Crippen molar-refractivity contribution in [3.8, 4) is 5.75 Å². The Hall–Kier alpha value is -2.05. The second-order valence-corrected chi connectivity index (χ2v) is 7.09. The Morgan fingerprint density at radius 3 is 2.83 bits per heavy atom. The van der Waals surface area contributed by atoms with Gasteiger partial charge in [0.2, 0.25) is 0 Å². The van der Waals surface area contributed by atoms with Crippen LogP contribution in [-0.4, -0.2) is 25.3 Å². The minimum Gasteiger partial charge on any atom is -0.457 e. The first kappa shape index (κ1) is 15.8. The number of fused-ring (bicyclic) bond motifs is 1. The van der Waals surface area contributed by atoms with Gasteiger partial charge in [0.1, 0.15) is 5.76 Å². The van der Waals surface area contributed by atoms with Crippen LogP contribution in [-0.2, 0) is 10.1 Å². The first-order valence-corrected chi connectivity index (χ1v) is 9.21. The summed E-state index contributed by atoms with van der Waals surface area (Å²) in [6.07, 6.45) is 9.82. The highest BCUT2D eigenvalue weighted by molar-refractivity contribution is 7.85. The van der Waals surface area contributed by atoms with Crippen LogP contribution in [0.2, 0.25) is 0 Å².